The fraction of sp³-hybridized carbons (Fsp3) is 0.419. The lowest BCUT2D eigenvalue weighted by atomic mass is 9.77. The average Bonchev–Trinajstić information content (AvgIpc) is 3.42. The Hall–Kier alpha value is -3.13. The Morgan fingerprint density at radius 1 is 0.897 bits per heavy atom. The summed E-state index contributed by atoms with van der Waals surface area (Å²) in [6, 6.07) is 16.7. The van der Waals surface area contributed by atoms with Crippen molar-refractivity contribution >= 4 is 33.1 Å². The van der Waals surface area contributed by atoms with Gasteiger partial charge >= 0.3 is 6.18 Å². The van der Waals surface area contributed by atoms with Gasteiger partial charge in [-0.2, -0.15) is 13.2 Å². The molecule has 3 atom stereocenters. The van der Waals surface area contributed by atoms with Gasteiger partial charge in [0.15, 0.2) is 0 Å². The minimum absolute atomic E-state index is 0.379. The number of fused-ring (bicyclic) bond motifs is 1. The van der Waals surface area contributed by atoms with Gasteiger partial charge in [0.1, 0.15) is 5.82 Å². The number of thiazole rings is 1. The molecule has 1 N–H and O–H groups in total. The Morgan fingerprint density at radius 3 is 2.56 bits per heavy atom. The summed E-state index contributed by atoms with van der Waals surface area (Å²) in [5, 5.41) is 3.78. The topological polar surface area (TPSA) is 41.0 Å². The van der Waals surface area contributed by atoms with Crippen LogP contribution in [0.25, 0.3) is 21.3 Å². The molecule has 8 heteroatoms. The molecule has 1 aliphatic heterocycles. The predicted molar refractivity (Wildman–Crippen MR) is 153 cm³/mol. The summed E-state index contributed by atoms with van der Waals surface area (Å²) in [7, 11) is 0. The highest BCUT2D eigenvalue weighted by Crippen LogP contribution is 2.36. The third kappa shape index (κ3) is 6.06. The molecule has 1 aliphatic carbocycles. The zero-order valence-electron chi connectivity index (χ0n) is 21.8. The minimum atomic E-state index is -4.30. The molecule has 0 bridgehead atoms. The average molecular weight is 551 g/mol. The second kappa shape index (κ2) is 11.2. The van der Waals surface area contributed by atoms with Crippen LogP contribution in [0.3, 0.4) is 0 Å². The van der Waals surface area contributed by atoms with Crippen LogP contribution in [0.15, 0.2) is 66.3 Å². The normalized spacial score (nSPS) is 22.2. The molecule has 2 aromatic carbocycles. The van der Waals surface area contributed by atoms with Crippen molar-refractivity contribution in [3.8, 4) is 11.1 Å². The molecular formula is C31H33F3N4S. The molecule has 0 unspecified atom stereocenters. The van der Waals surface area contributed by atoms with Gasteiger partial charge in [-0.3, -0.25) is 0 Å². The van der Waals surface area contributed by atoms with Crippen LogP contribution in [0.2, 0.25) is 0 Å². The van der Waals surface area contributed by atoms with Crippen LogP contribution in [-0.4, -0.2) is 29.1 Å². The second-order valence-electron chi connectivity index (χ2n) is 11.0. The van der Waals surface area contributed by atoms with Crippen molar-refractivity contribution in [1.82, 2.24) is 9.97 Å². The van der Waals surface area contributed by atoms with E-state index >= 15 is 0 Å². The number of benzene rings is 2. The van der Waals surface area contributed by atoms with Crippen LogP contribution >= 0.6 is 11.3 Å². The summed E-state index contributed by atoms with van der Waals surface area (Å²) >= 11 is 1.65. The van der Waals surface area contributed by atoms with Crippen LogP contribution in [0.1, 0.15) is 50.5 Å². The molecule has 4 nitrogen and oxygen atoms in total. The van der Waals surface area contributed by atoms with Gasteiger partial charge in [0.25, 0.3) is 0 Å². The van der Waals surface area contributed by atoms with E-state index in [1.54, 1.807) is 23.5 Å². The van der Waals surface area contributed by atoms with Crippen molar-refractivity contribution in [2.75, 3.05) is 23.3 Å². The number of anilines is 2. The smallest absolute Gasteiger partial charge is 0.371 e. The number of hydrogen-bond acceptors (Lipinski definition) is 5. The summed E-state index contributed by atoms with van der Waals surface area (Å²) in [6.45, 7) is 1.80. The molecule has 3 heterocycles. The number of nitrogens with zero attached hydrogens (tertiary/aromatic N) is 3. The molecule has 0 radical (unpaired) electrons. The first-order chi connectivity index (χ1) is 18.9. The van der Waals surface area contributed by atoms with Crippen molar-refractivity contribution in [1.29, 1.82) is 0 Å². The quantitative estimate of drug-likeness (QED) is 0.261. The molecule has 39 heavy (non-hydrogen) atoms. The highest BCUT2D eigenvalue weighted by Gasteiger charge is 2.32. The van der Waals surface area contributed by atoms with E-state index in [1.165, 1.54) is 42.5 Å². The van der Waals surface area contributed by atoms with Gasteiger partial charge in [-0.05, 0) is 104 Å². The highest BCUT2D eigenvalue weighted by molar-refractivity contribution is 7.16. The van der Waals surface area contributed by atoms with Crippen molar-refractivity contribution in [2.24, 2.45) is 11.8 Å². The van der Waals surface area contributed by atoms with Crippen LogP contribution < -0.4 is 10.2 Å². The Labute approximate surface area is 231 Å². The van der Waals surface area contributed by atoms with Gasteiger partial charge in [-0.15, -0.1) is 11.3 Å². The Morgan fingerprint density at radius 2 is 1.72 bits per heavy atom. The Kier molecular flexibility index (Phi) is 7.47. The molecule has 1 saturated heterocycles. The highest BCUT2D eigenvalue weighted by atomic mass is 32.1. The zero-order chi connectivity index (χ0) is 26.8. The zero-order valence-corrected chi connectivity index (χ0v) is 22.6. The lowest BCUT2D eigenvalue weighted by molar-refractivity contribution is -0.137. The molecule has 2 aromatic heterocycles. The van der Waals surface area contributed by atoms with Gasteiger partial charge in [0.2, 0.25) is 0 Å². The van der Waals surface area contributed by atoms with Crippen molar-refractivity contribution in [2.45, 2.75) is 57.2 Å². The first kappa shape index (κ1) is 26.1. The molecule has 2 aliphatic rings. The molecule has 1 saturated carbocycles. The maximum atomic E-state index is 13.0. The maximum absolute atomic E-state index is 13.0. The number of piperidine rings is 1. The third-order valence-electron chi connectivity index (χ3n) is 8.38. The second-order valence-corrected chi connectivity index (χ2v) is 11.9. The van der Waals surface area contributed by atoms with Gasteiger partial charge in [0.05, 0.1) is 21.3 Å². The SMILES string of the molecule is FC(F)(F)c1ccc(N2CCC[C@H](C[C@@H]3CCCC[C@H]3Nc3cc(-c4ccc5scnc5c4)ccn3)C2)cc1. The number of halogens is 3. The first-order valence-electron chi connectivity index (χ1n) is 13.9. The summed E-state index contributed by atoms with van der Waals surface area (Å²) in [4.78, 5) is 11.4. The lowest BCUT2D eigenvalue weighted by Crippen LogP contribution is -2.39. The fourth-order valence-electron chi connectivity index (χ4n) is 6.38. The molecule has 6 rings (SSSR count). The van der Waals surface area contributed by atoms with E-state index in [9.17, 15) is 13.2 Å². The molecule has 4 aromatic rings. The number of rotatable bonds is 6. The minimum Gasteiger partial charge on any atom is -0.371 e. The van der Waals surface area contributed by atoms with Crippen molar-refractivity contribution < 1.29 is 13.2 Å². The number of nitrogens with one attached hydrogen (secondary N) is 1. The van der Waals surface area contributed by atoms with Crippen molar-refractivity contribution in [3.63, 3.8) is 0 Å². The fourth-order valence-corrected chi connectivity index (χ4v) is 7.04. The van der Waals surface area contributed by atoms with Crippen LogP contribution in [0, 0.1) is 11.8 Å². The standard InChI is InChI=1S/C31H33F3N4S/c32-31(33,34)25-8-10-26(11-9-25)38-15-3-4-21(19-38)16-24-5-1-2-6-27(24)37-30-18-23(13-14-35-30)22-7-12-29-28(17-22)36-20-39-29/h7-14,17-18,20-21,24,27H,1-6,15-16,19H2,(H,35,37)/t21-,24+,27-/m1/s1. The monoisotopic (exact) mass is 550 g/mol. The van der Waals surface area contributed by atoms with Gasteiger partial charge in [-0.25, -0.2) is 9.97 Å². The van der Waals surface area contributed by atoms with Crippen LogP contribution in [0.4, 0.5) is 24.7 Å². The number of hydrogen-bond donors (Lipinski definition) is 1. The summed E-state index contributed by atoms with van der Waals surface area (Å²) in [6.07, 6.45) is 5.77. The number of pyridine rings is 1. The molecule has 0 amide bonds. The van der Waals surface area contributed by atoms with Gasteiger partial charge in [-0.1, -0.05) is 18.9 Å². The number of alkyl halides is 3. The Bertz CT molecular complexity index is 1400. The van der Waals surface area contributed by atoms with E-state index in [4.69, 9.17) is 0 Å². The molecule has 204 valence electrons. The van der Waals surface area contributed by atoms with E-state index in [0.29, 0.717) is 17.9 Å². The van der Waals surface area contributed by atoms with Crippen molar-refractivity contribution in [3.05, 3.63) is 71.9 Å². The summed E-state index contributed by atoms with van der Waals surface area (Å²) in [5.74, 6) is 2.02. The first-order valence-corrected chi connectivity index (χ1v) is 14.8. The lowest BCUT2D eigenvalue weighted by Gasteiger charge is -2.39. The molecule has 0 spiro atoms. The molecular weight excluding hydrogens is 517 g/mol. The summed E-state index contributed by atoms with van der Waals surface area (Å²) in [5.41, 5.74) is 5.49. The third-order valence-corrected chi connectivity index (χ3v) is 9.19. The van der Waals surface area contributed by atoms with Gasteiger partial charge < -0.3 is 10.2 Å². The summed E-state index contributed by atoms with van der Waals surface area (Å²) < 4.78 is 40.2. The largest absolute Gasteiger partial charge is 0.416 e. The Balaban J connectivity index is 1.12. The maximum Gasteiger partial charge on any atom is 0.416 e. The van der Waals surface area contributed by atoms with E-state index in [1.807, 2.05) is 11.7 Å². The van der Waals surface area contributed by atoms with E-state index in [0.717, 1.165) is 60.5 Å². The van der Waals surface area contributed by atoms with Crippen LogP contribution in [0.5, 0.6) is 0 Å². The van der Waals surface area contributed by atoms with E-state index < -0.39 is 11.7 Å². The van der Waals surface area contributed by atoms with E-state index in [-0.39, 0.29) is 0 Å². The van der Waals surface area contributed by atoms with Gasteiger partial charge in [0, 0.05) is 31.0 Å². The molecule has 2 fully saturated rings. The predicted octanol–water partition coefficient (Wildman–Crippen LogP) is 8.65. The van der Waals surface area contributed by atoms with Crippen LogP contribution in [-0.2, 0) is 6.18 Å². The number of aromatic nitrogens is 2. The van der Waals surface area contributed by atoms with E-state index in [2.05, 4.69) is 50.5 Å².